The van der Waals surface area contributed by atoms with Crippen molar-refractivity contribution in [1.29, 1.82) is 5.26 Å². The molecule has 1 rings (SSSR count). The van der Waals surface area contributed by atoms with E-state index in [2.05, 4.69) is 5.32 Å². The first-order chi connectivity index (χ1) is 9.16. The fraction of sp³-hybridized carbons (Fsp3) is 0.333. The standard InChI is InChI=1S/C15H17ClN2O2/c1-9-5-6-10(7-12(9)16)18-14(20)11(8-17)13(19)15(2,3)4/h5-7,19H,1-4H3,(H,18,20)/b13-11-. The van der Waals surface area contributed by atoms with Gasteiger partial charge in [-0.25, -0.2) is 0 Å². The Bertz CT molecular complexity index is 607. The molecule has 0 saturated heterocycles. The lowest BCUT2D eigenvalue weighted by Crippen LogP contribution is -2.20. The van der Waals surface area contributed by atoms with Gasteiger partial charge < -0.3 is 10.4 Å². The summed E-state index contributed by atoms with van der Waals surface area (Å²) in [6.07, 6.45) is 0. The number of nitrogens with zero attached hydrogens (tertiary/aromatic N) is 1. The van der Waals surface area contributed by atoms with Crippen molar-refractivity contribution in [3.63, 3.8) is 0 Å². The number of anilines is 1. The second-order valence-corrected chi connectivity index (χ2v) is 5.91. The van der Waals surface area contributed by atoms with Crippen molar-refractivity contribution in [3.05, 3.63) is 40.1 Å². The van der Waals surface area contributed by atoms with Crippen molar-refractivity contribution in [2.24, 2.45) is 5.41 Å². The van der Waals surface area contributed by atoms with Crippen molar-refractivity contribution in [2.75, 3.05) is 5.32 Å². The van der Waals surface area contributed by atoms with Crippen LogP contribution in [-0.2, 0) is 4.79 Å². The number of nitrogens with one attached hydrogen (secondary N) is 1. The first kappa shape index (κ1) is 16.1. The van der Waals surface area contributed by atoms with Gasteiger partial charge in [0.15, 0.2) is 5.57 Å². The number of aliphatic hydroxyl groups excluding tert-OH is 1. The number of allylic oxidation sites excluding steroid dienone is 1. The molecule has 1 aromatic carbocycles. The van der Waals surface area contributed by atoms with E-state index in [-0.39, 0.29) is 11.3 Å². The number of benzene rings is 1. The maximum Gasteiger partial charge on any atom is 0.269 e. The summed E-state index contributed by atoms with van der Waals surface area (Å²) < 4.78 is 0. The van der Waals surface area contributed by atoms with Crippen LogP contribution in [0.5, 0.6) is 0 Å². The van der Waals surface area contributed by atoms with E-state index in [1.54, 1.807) is 45.0 Å². The lowest BCUT2D eigenvalue weighted by atomic mass is 9.90. The van der Waals surface area contributed by atoms with Gasteiger partial charge in [0.1, 0.15) is 11.8 Å². The van der Waals surface area contributed by atoms with Crippen LogP contribution >= 0.6 is 11.6 Å². The molecule has 106 valence electrons. The second kappa shape index (κ2) is 5.98. The van der Waals surface area contributed by atoms with Crippen LogP contribution in [0, 0.1) is 23.7 Å². The number of hydrogen-bond acceptors (Lipinski definition) is 3. The average Bonchev–Trinajstić information content (AvgIpc) is 2.33. The highest BCUT2D eigenvalue weighted by Crippen LogP contribution is 2.26. The third-order valence-corrected chi connectivity index (χ3v) is 3.12. The van der Waals surface area contributed by atoms with Crippen LogP contribution in [0.2, 0.25) is 5.02 Å². The van der Waals surface area contributed by atoms with E-state index in [0.717, 1.165) is 5.56 Å². The summed E-state index contributed by atoms with van der Waals surface area (Å²) in [5.74, 6) is -0.893. The van der Waals surface area contributed by atoms with E-state index in [1.807, 2.05) is 6.92 Å². The van der Waals surface area contributed by atoms with Gasteiger partial charge in [0.2, 0.25) is 0 Å². The van der Waals surface area contributed by atoms with Gasteiger partial charge in [0.25, 0.3) is 5.91 Å². The first-order valence-corrected chi connectivity index (χ1v) is 6.46. The summed E-state index contributed by atoms with van der Waals surface area (Å²) in [7, 11) is 0. The highest BCUT2D eigenvalue weighted by Gasteiger charge is 2.25. The van der Waals surface area contributed by atoms with E-state index in [1.165, 1.54) is 0 Å². The molecule has 0 bridgehead atoms. The van der Waals surface area contributed by atoms with E-state index in [9.17, 15) is 9.90 Å². The van der Waals surface area contributed by atoms with Gasteiger partial charge in [-0.2, -0.15) is 5.26 Å². The third-order valence-electron chi connectivity index (χ3n) is 2.72. The summed E-state index contributed by atoms with van der Waals surface area (Å²) in [5, 5.41) is 22.1. The van der Waals surface area contributed by atoms with Crippen molar-refractivity contribution in [2.45, 2.75) is 27.7 Å². The topological polar surface area (TPSA) is 73.1 Å². The normalized spacial score (nSPS) is 12.4. The molecule has 5 heteroatoms. The molecule has 0 aliphatic heterocycles. The molecule has 1 aromatic rings. The molecule has 0 aliphatic carbocycles. The Morgan fingerprint density at radius 2 is 2.00 bits per heavy atom. The van der Waals surface area contributed by atoms with Crippen LogP contribution in [0.4, 0.5) is 5.69 Å². The predicted molar refractivity (Wildman–Crippen MR) is 79.5 cm³/mol. The zero-order valence-corrected chi connectivity index (χ0v) is 12.7. The predicted octanol–water partition coefficient (Wildman–Crippen LogP) is 3.97. The van der Waals surface area contributed by atoms with Gasteiger partial charge >= 0.3 is 0 Å². The smallest absolute Gasteiger partial charge is 0.269 e. The van der Waals surface area contributed by atoms with Crippen LogP contribution in [0.1, 0.15) is 26.3 Å². The summed E-state index contributed by atoms with van der Waals surface area (Å²) in [5.41, 5.74) is 0.389. The Hall–Kier alpha value is -1.99. The molecule has 0 radical (unpaired) electrons. The molecule has 0 aromatic heterocycles. The van der Waals surface area contributed by atoms with Crippen molar-refractivity contribution in [3.8, 4) is 6.07 Å². The van der Waals surface area contributed by atoms with Crippen LogP contribution < -0.4 is 5.32 Å². The lowest BCUT2D eigenvalue weighted by molar-refractivity contribution is -0.112. The minimum absolute atomic E-state index is 0.240. The Balaban J connectivity index is 3.06. The molecule has 0 aliphatic rings. The number of hydrogen-bond donors (Lipinski definition) is 2. The molecule has 0 saturated carbocycles. The molecule has 4 nitrogen and oxygen atoms in total. The summed E-state index contributed by atoms with van der Waals surface area (Å²) >= 11 is 5.97. The average molecular weight is 293 g/mol. The summed E-state index contributed by atoms with van der Waals surface area (Å²) in [4.78, 5) is 12.0. The molecule has 2 N–H and O–H groups in total. The minimum atomic E-state index is -0.673. The van der Waals surface area contributed by atoms with Gasteiger partial charge in [-0.1, -0.05) is 38.4 Å². The van der Waals surface area contributed by atoms with E-state index >= 15 is 0 Å². The molecule has 0 atom stereocenters. The maximum absolute atomic E-state index is 12.0. The molecule has 0 spiro atoms. The van der Waals surface area contributed by atoms with Crippen LogP contribution in [-0.4, -0.2) is 11.0 Å². The second-order valence-electron chi connectivity index (χ2n) is 5.50. The molecular formula is C15H17ClN2O2. The number of halogens is 1. The van der Waals surface area contributed by atoms with Crippen LogP contribution in [0.3, 0.4) is 0 Å². The first-order valence-electron chi connectivity index (χ1n) is 6.08. The highest BCUT2D eigenvalue weighted by atomic mass is 35.5. The van der Waals surface area contributed by atoms with Gasteiger partial charge in [-0.05, 0) is 24.6 Å². The third kappa shape index (κ3) is 3.75. The number of aliphatic hydroxyl groups is 1. The number of rotatable bonds is 2. The van der Waals surface area contributed by atoms with Crippen molar-refractivity contribution >= 4 is 23.2 Å². The number of nitriles is 1. The number of carbonyl (C=O) groups is 1. The monoisotopic (exact) mass is 292 g/mol. The van der Waals surface area contributed by atoms with Gasteiger partial charge in [-0.15, -0.1) is 0 Å². The van der Waals surface area contributed by atoms with Gasteiger partial charge in [0.05, 0.1) is 0 Å². The van der Waals surface area contributed by atoms with E-state index in [0.29, 0.717) is 10.7 Å². The van der Waals surface area contributed by atoms with Crippen molar-refractivity contribution in [1.82, 2.24) is 0 Å². The Morgan fingerprint density at radius 1 is 1.40 bits per heavy atom. The number of aryl methyl sites for hydroxylation is 1. The fourth-order valence-corrected chi connectivity index (χ4v) is 1.63. The molecular weight excluding hydrogens is 276 g/mol. The largest absolute Gasteiger partial charge is 0.510 e. The van der Waals surface area contributed by atoms with E-state index < -0.39 is 11.3 Å². The highest BCUT2D eigenvalue weighted by molar-refractivity contribution is 6.31. The fourth-order valence-electron chi connectivity index (χ4n) is 1.45. The van der Waals surface area contributed by atoms with Crippen LogP contribution in [0.15, 0.2) is 29.5 Å². The molecule has 1 amide bonds. The number of carbonyl (C=O) groups excluding carboxylic acids is 1. The van der Waals surface area contributed by atoms with Crippen molar-refractivity contribution < 1.29 is 9.90 Å². The summed E-state index contributed by atoms with van der Waals surface area (Å²) in [6.45, 7) is 7.00. The Morgan fingerprint density at radius 3 is 2.45 bits per heavy atom. The summed E-state index contributed by atoms with van der Waals surface area (Å²) in [6, 6.07) is 6.78. The van der Waals surface area contributed by atoms with E-state index in [4.69, 9.17) is 16.9 Å². The molecule has 0 heterocycles. The molecule has 0 unspecified atom stereocenters. The Labute approximate surface area is 123 Å². The zero-order valence-electron chi connectivity index (χ0n) is 11.9. The SMILES string of the molecule is Cc1ccc(NC(=O)/C(C#N)=C(\O)C(C)(C)C)cc1Cl. The van der Waals surface area contributed by atoms with Crippen LogP contribution in [0.25, 0.3) is 0 Å². The minimum Gasteiger partial charge on any atom is -0.510 e. The quantitative estimate of drug-likeness (QED) is 0.492. The van der Waals surface area contributed by atoms with Gasteiger partial charge in [0, 0.05) is 16.1 Å². The maximum atomic E-state index is 12.0. The molecule has 20 heavy (non-hydrogen) atoms. The lowest BCUT2D eigenvalue weighted by Gasteiger charge is -2.18. The molecule has 0 fully saturated rings. The number of amides is 1. The van der Waals surface area contributed by atoms with Gasteiger partial charge in [-0.3, -0.25) is 4.79 Å². The Kier molecular flexibility index (Phi) is 4.80. The zero-order chi connectivity index (χ0) is 15.5.